The number of likely N-dealkylation sites (N-methyl/N-ethyl adjacent to an activating group) is 1. The van der Waals surface area contributed by atoms with E-state index in [0.29, 0.717) is 6.17 Å². The van der Waals surface area contributed by atoms with Gasteiger partial charge in [0.05, 0.1) is 6.17 Å². The summed E-state index contributed by atoms with van der Waals surface area (Å²) >= 11 is 0. The maximum absolute atomic E-state index is 3.67. The van der Waals surface area contributed by atoms with Crippen molar-refractivity contribution < 1.29 is 0 Å². The van der Waals surface area contributed by atoms with Crippen LogP contribution in [0.15, 0.2) is 0 Å². The largest absolute Gasteiger partial charge is 0.317 e. The Kier molecular flexibility index (Phi) is 2.63. The van der Waals surface area contributed by atoms with Gasteiger partial charge >= 0.3 is 0 Å². The summed E-state index contributed by atoms with van der Waals surface area (Å²) in [6, 6.07) is 0.759. The summed E-state index contributed by atoms with van der Waals surface area (Å²) in [6.07, 6.45) is 4.66. The molecule has 3 atom stereocenters. The van der Waals surface area contributed by atoms with Crippen LogP contribution in [-0.2, 0) is 0 Å². The van der Waals surface area contributed by atoms with E-state index < -0.39 is 0 Å². The van der Waals surface area contributed by atoms with Crippen LogP contribution < -0.4 is 10.6 Å². The minimum Gasteiger partial charge on any atom is -0.317 e. The van der Waals surface area contributed by atoms with E-state index in [0.717, 1.165) is 6.04 Å². The van der Waals surface area contributed by atoms with Gasteiger partial charge in [-0.3, -0.25) is 10.2 Å². The zero-order chi connectivity index (χ0) is 8.39. The van der Waals surface area contributed by atoms with Crippen LogP contribution >= 0.6 is 0 Å². The van der Waals surface area contributed by atoms with Crippen molar-refractivity contribution in [2.75, 3.05) is 26.7 Å². The van der Waals surface area contributed by atoms with Gasteiger partial charge in [0.25, 0.3) is 0 Å². The second-order valence-corrected chi connectivity index (χ2v) is 4.00. The quantitative estimate of drug-likeness (QED) is 0.569. The van der Waals surface area contributed by atoms with Gasteiger partial charge in [0.1, 0.15) is 0 Å². The van der Waals surface area contributed by atoms with E-state index in [1.807, 2.05) is 0 Å². The molecular formula is C9H19N3. The van der Waals surface area contributed by atoms with Gasteiger partial charge < -0.3 is 5.32 Å². The second-order valence-electron chi connectivity index (χ2n) is 4.00. The van der Waals surface area contributed by atoms with Gasteiger partial charge in [0, 0.05) is 12.6 Å². The highest BCUT2D eigenvalue weighted by Crippen LogP contribution is 2.14. The topological polar surface area (TPSA) is 27.1 Å². The number of nitrogens with one attached hydrogen (secondary N) is 2. The molecule has 2 rings (SSSR count). The fraction of sp³-hybridized carbons (Fsp3) is 1.00. The molecular weight excluding hydrogens is 150 g/mol. The smallest absolute Gasteiger partial charge is 0.0729 e. The van der Waals surface area contributed by atoms with Gasteiger partial charge in [-0.2, -0.15) is 0 Å². The molecule has 0 saturated carbocycles. The van der Waals surface area contributed by atoms with Gasteiger partial charge in [0.15, 0.2) is 0 Å². The lowest BCUT2D eigenvalue weighted by molar-refractivity contribution is 0.422. The van der Waals surface area contributed by atoms with E-state index in [2.05, 4.69) is 22.6 Å². The molecule has 3 unspecified atom stereocenters. The Morgan fingerprint density at radius 3 is 2.92 bits per heavy atom. The Bertz CT molecular complexity index is 141. The van der Waals surface area contributed by atoms with Gasteiger partial charge in [-0.25, -0.2) is 0 Å². The summed E-state index contributed by atoms with van der Waals surface area (Å²) in [7, 11) is 2.17. The van der Waals surface area contributed by atoms with Crippen LogP contribution in [0.25, 0.3) is 0 Å². The fourth-order valence-corrected chi connectivity index (χ4v) is 1.86. The number of nitrogens with zero attached hydrogens (tertiary/aromatic N) is 1. The van der Waals surface area contributed by atoms with Crippen LogP contribution in [0.3, 0.4) is 0 Å². The fourth-order valence-electron chi connectivity index (χ4n) is 1.86. The summed E-state index contributed by atoms with van der Waals surface area (Å²) in [4.78, 5) is 2.35. The highest BCUT2D eigenvalue weighted by Gasteiger charge is 2.31. The molecule has 3 nitrogen and oxygen atoms in total. The molecule has 2 aliphatic heterocycles. The predicted molar refractivity (Wildman–Crippen MR) is 50.1 cm³/mol. The van der Waals surface area contributed by atoms with E-state index in [-0.39, 0.29) is 0 Å². The number of hydrogen-bond donors (Lipinski definition) is 2. The van der Waals surface area contributed by atoms with E-state index in [4.69, 9.17) is 0 Å². The molecule has 0 aliphatic carbocycles. The third-order valence-electron chi connectivity index (χ3n) is 2.86. The van der Waals surface area contributed by atoms with Crippen LogP contribution in [0.1, 0.15) is 19.3 Å². The molecule has 0 aromatic heterocycles. The molecule has 0 spiro atoms. The standard InChI is InChI=1S/C9H19N3/c1-12-7-9(12)11-8-3-2-5-10-6-4-8/h8-11H,2-7H2,1H3. The predicted octanol–water partition coefficient (Wildman–Crippen LogP) is -0.0104. The molecule has 0 bridgehead atoms. The molecule has 2 aliphatic rings. The van der Waals surface area contributed by atoms with Crippen molar-refractivity contribution in [3.8, 4) is 0 Å². The minimum absolute atomic E-state index is 0.688. The lowest BCUT2D eigenvalue weighted by Gasteiger charge is -2.14. The van der Waals surface area contributed by atoms with Crippen molar-refractivity contribution in [2.45, 2.75) is 31.5 Å². The van der Waals surface area contributed by atoms with E-state index in [1.54, 1.807) is 0 Å². The summed E-state index contributed by atoms with van der Waals surface area (Å²) in [5, 5.41) is 7.10. The van der Waals surface area contributed by atoms with Crippen molar-refractivity contribution in [1.82, 2.24) is 15.5 Å². The molecule has 12 heavy (non-hydrogen) atoms. The van der Waals surface area contributed by atoms with E-state index in [9.17, 15) is 0 Å². The second kappa shape index (κ2) is 3.73. The first-order valence-corrected chi connectivity index (χ1v) is 5.03. The summed E-state index contributed by atoms with van der Waals surface area (Å²) in [5.41, 5.74) is 0. The molecule has 0 amide bonds. The Hall–Kier alpha value is -0.120. The van der Waals surface area contributed by atoms with Gasteiger partial charge in [-0.15, -0.1) is 0 Å². The van der Waals surface area contributed by atoms with Crippen LogP contribution in [0.2, 0.25) is 0 Å². The summed E-state index contributed by atoms with van der Waals surface area (Å²) in [6.45, 7) is 3.64. The zero-order valence-corrected chi connectivity index (χ0v) is 7.84. The van der Waals surface area contributed by atoms with E-state index in [1.165, 1.54) is 38.9 Å². The molecule has 2 N–H and O–H groups in total. The van der Waals surface area contributed by atoms with Crippen molar-refractivity contribution in [3.63, 3.8) is 0 Å². The van der Waals surface area contributed by atoms with Crippen molar-refractivity contribution in [3.05, 3.63) is 0 Å². The molecule has 3 heteroatoms. The number of hydrogen-bond acceptors (Lipinski definition) is 3. The van der Waals surface area contributed by atoms with Crippen LogP contribution in [-0.4, -0.2) is 43.8 Å². The maximum Gasteiger partial charge on any atom is 0.0729 e. The number of rotatable bonds is 2. The van der Waals surface area contributed by atoms with Gasteiger partial charge in [0.2, 0.25) is 0 Å². The molecule has 2 fully saturated rings. The molecule has 70 valence electrons. The summed E-state index contributed by atoms with van der Waals surface area (Å²) < 4.78 is 0. The Morgan fingerprint density at radius 1 is 1.33 bits per heavy atom. The van der Waals surface area contributed by atoms with Crippen LogP contribution in [0, 0.1) is 0 Å². The van der Waals surface area contributed by atoms with Gasteiger partial charge in [-0.05, 0) is 39.4 Å². The Balaban J connectivity index is 1.71. The Morgan fingerprint density at radius 2 is 2.17 bits per heavy atom. The first-order chi connectivity index (χ1) is 5.86. The molecule has 2 heterocycles. The van der Waals surface area contributed by atoms with E-state index >= 15 is 0 Å². The van der Waals surface area contributed by atoms with Crippen molar-refractivity contribution in [1.29, 1.82) is 0 Å². The average molecular weight is 169 g/mol. The average Bonchev–Trinajstić information content (AvgIpc) is 2.78. The molecule has 0 aromatic rings. The summed E-state index contributed by atoms with van der Waals surface area (Å²) in [5.74, 6) is 0. The molecule has 0 radical (unpaired) electrons. The van der Waals surface area contributed by atoms with Crippen LogP contribution in [0.4, 0.5) is 0 Å². The van der Waals surface area contributed by atoms with Crippen molar-refractivity contribution in [2.24, 2.45) is 0 Å². The third-order valence-corrected chi connectivity index (χ3v) is 2.86. The SMILES string of the molecule is CN1CC1NC1CCCNCC1. The minimum atomic E-state index is 0.688. The zero-order valence-electron chi connectivity index (χ0n) is 7.84. The molecule has 0 aromatic carbocycles. The third kappa shape index (κ3) is 2.19. The Labute approximate surface area is 74.5 Å². The highest BCUT2D eigenvalue weighted by molar-refractivity contribution is 4.87. The maximum atomic E-state index is 3.67. The van der Waals surface area contributed by atoms with Crippen molar-refractivity contribution >= 4 is 0 Å². The van der Waals surface area contributed by atoms with Crippen LogP contribution in [0.5, 0.6) is 0 Å². The highest BCUT2D eigenvalue weighted by atomic mass is 15.4. The first-order valence-electron chi connectivity index (χ1n) is 5.03. The van der Waals surface area contributed by atoms with Gasteiger partial charge in [-0.1, -0.05) is 0 Å². The lowest BCUT2D eigenvalue weighted by Crippen LogP contribution is -2.33. The first kappa shape index (κ1) is 8.48. The molecule has 2 saturated heterocycles. The normalized spacial score (nSPS) is 42.2. The monoisotopic (exact) mass is 169 g/mol. The lowest BCUT2D eigenvalue weighted by atomic mass is 10.1.